The van der Waals surface area contributed by atoms with Gasteiger partial charge in [0.25, 0.3) is 0 Å². The monoisotopic (exact) mass is 268 g/mol. The average molecular weight is 268 g/mol. The molecule has 2 heteroatoms. The molecule has 2 nitrogen and oxygen atoms in total. The van der Waals surface area contributed by atoms with Crippen molar-refractivity contribution in [3.05, 3.63) is 71.3 Å². The summed E-state index contributed by atoms with van der Waals surface area (Å²) in [6, 6.07) is 18.6. The van der Waals surface area contributed by atoms with Crippen molar-refractivity contribution in [3.63, 3.8) is 0 Å². The topological polar surface area (TPSA) is 26.3 Å². The van der Waals surface area contributed by atoms with E-state index in [0.29, 0.717) is 13.0 Å². The molecule has 0 fully saturated rings. The zero-order valence-corrected chi connectivity index (χ0v) is 11.8. The molecule has 2 aromatic rings. The van der Waals surface area contributed by atoms with Gasteiger partial charge >= 0.3 is 5.97 Å². The van der Waals surface area contributed by atoms with E-state index in [2.05, 4.69) is 36.4 Å². The molecule has 0 heterocycles. The van der Waals surface area contributed by atoms with Crippen LogP contribution in [0, 0.1) is 0 Å². The molecule has 0 atom stereocenters. The van der Waals surface area contributed by atoms with Crippen molar-refractivity contribution in [2.75, 3.05) is 0 Å². The third-order valence-electron chi connectivity index (χ3n) is 3.13. The fourth-order valence-electron chi connectivity index (χ4n) is 2.03. The van der Waals surface area contributed by atoms with Gasteiger partial charge in [-0.05, 0) is 29.5 Å². The minimum atomic E-state index is -0.124. The zero-order chi connectivity index (χ0) is 14.2. The molecule has 0 aromatic heterocycles. The van der Waals surface area contributed by atoms with E-state index in [1.54, 1.807) is 0 Å². The molecular formula is C18H20O2. The molecule has 0 aliphatic carbocycles. The first-order chi connectivity index (χ1) is 9.78. The lowest BCUT2D eigenvalue weighted by atomic mass is 10.0. The van der Waals surface area contributed by atoms with Crippen LogP contribution in [0.3, 0.4) is 0 Å². The summed E-state index contributed by atoms with van der Waals surface area (Å²) in [6.07, 6.45) is 2.25. The summed E-state index contributed by atoms with van der Waals surface area (Å²) in [5.74, 6) is -0.124. The van der Waals surface area contributed by atoms with E-state index in [0.717, 1.165) is 18.4 Å². The van der Waals surface area contributed by atoms with Gasteiger partial charge in [0.05, 0.1) is 0 Å². The lowest BCUT2D eigenvalue weighted by Gasteiger charge is -2.06. The second-order valence-corrected chi connectivity index (χ2v) is 4.89. The molecule has 0 aliphatic heterocycles. The predicted molar refractivity (Wildman–Crippen MR) is 80.4 cm³/mol. The second-order valence-electron chi connectivity index (χ2n) is 4.89. The van der Waals surface area contributed by atoms with Crippen molar-refractivity contribution in [1.29, 1.82) is 0 Å². The molecule has 2 rings (SSSR count). The Bertz CT molecular complexity index is 529. The summed E-state index contributed by atoms with van der Waals surface area (Å²) >= 11 is 0. The van der Waals surface area contributed by atoms with Gasteiger partial charge < -0.3 is 4.74 Å². The lowest BCUT2D eigenvalue weighted by Crippen LogP contribution is -2.03. The van der Waals surface area contributed by atoms with Crippen LogP contribution >= 0.6 is 0 Å². The summed E-state index contributed by atoms with van der Waals surface area (Å²) in [7, 11) is 0. The largest absolute Gasteiger partial charge is 0.461 e. The molecule has 0 saturated carbocycles. The molecule has 0 saturated heterocycles. The number of carbonyl (C=O) groups excluding carboxylic acids is 1. The van der Waals surface area contributed by atoms with E-state index < -0.39 is 0 Å². The minimum absolute atomic E-state index is 0.124. The molecule has 20 heavy (non-hydrogen) atoms. The molecular weight excluding hydrogens is 248 g/mol. The van der Waals surface area contributed by atoms with Crippen LogP contribution in [-0.4, -0.2) is 5.97 Å². The fourth-order valence-corrected chi connectivity index (χ4v) is 2.03. The Morgan fingerprint density at radius 1 is 0.900 bits per heavy atom. The summed E-state index contributed by atoms with van der Waals surface area (Å²) in [6.45, 7) is 2.34. The average Bonchev–Trinajstić information content (AvgIpc) is 2.48. The summed E-state index contributed by atoms with van der Waals surface area (Å²) in [5, 5.41) is 0. The Morgan fingerprint density at radius 2 is 1.50 bits per heavy atom. The van der Waals surface area contributed by atoms with Gasteiger partial charge in [0, 0.05) is 6.42 Å². The number of hydrogen-bond donors (Lipinski definition) is 0. The second kappa shape index (κ2) is 7.49. The van der Waals surface area contributed by atoms with Crippen LogP contribution in [0.25, 0.3) is 0 Å². The quantitative estimate of drug-likeness (QED) is 0.737. The summed E-state index contributed by atoms with van der Waals surface area (Å²) < 4.78 is 5.19. The number of benzene rings is 2. The predicted octanol–water partition coefficient (Wildman–Crippen LogP) is 4.12. The Labute approximate surface area is 120 Å². The van der Waals surface area contributed by atoms with E-state index in [4.69, 9.17) is 4.74 Å². The van der Waals surface area contributed by atoms with Gasteiger partial charge in [-0.15, -0.1) is 0 Å². The maximum absolute atomic E-state index is 11.3. The van der Waals surface area contributed by atoms with Gasteiger partial charge in [0.15, 0.2) is 0 Å². The fraction of sp³-hybridized carbons (Fsp3) is 0.278. The molecule has 0 aliphatic rings. The van der Waals surface area contributed by atoms with Crippen molar-refractivity contribution in [1.82, 2.24) is 0 Å². The molecule has 0 N–H and O–H groups in total. The van der Waals surface area contributed by atoms with Crippen molar-refractivity contribution >= 4 is 5.97 Å². The highest BCUT2D eigenvalue weighted by Gasteiger charge is 2.02. The van der Waals surface area contributed by atoms with Gasteiger partial charge in [-0.3, -0.25) is 4.79 Å². The Morgan fingerprint density at radius 3 is 2.15 bits per heavy atom. The van der Waals surface area contributed by atoms with Crippen molar-refractivity contribution < 1.29 is 9.53 Å². The molecule has 0 radical (unpaired) electrons. The van der Waals surface area contributed by atoms with E-state index in [-0.39, 0.29) is 5.97 Å². The maximum Gasteiger partial charge on any atom is 0.306 e. The molecule has 104 valence electrons. The molecule has 0 unspecified atom stereocenters. The highest BCUT2D eigenvalue weighted by atomic mass is 16.5. The summed E-state index contributed by atoms with van der Waals surface area (Å²) in [4.78, 5) is 11.3. The number of rotatable bonds is 6. The van der Waals surface area contributed by atoms with Crippen LogP contribution in [-0.2, 0) is 22.6 Å². The normalized spacial score (nSPS) is 10.2. The van der Waals surface area contributed by atoms with Crippen molar-refractivity contribution in [2.45, 2.75) is 32.8 Å². The van der Waals surface area contributed by atoms with Crippen LogP contribution in [0.15, 0.2) is 54.6 Å². The molecule has 0 bridgehead atoms. The molecule has 2 aromatic carbocycles. The van der Waals surface area contributed by atoms with Crippen LogP contribution in [0.4, 0.5) is 0 Å². The zero-order valence-electron chi connectivity index (χ0n) is 11.8. The Hall–Kier alpha value is -2.09. The first-order valence-electron chi connectivity index (χ1n) is 7.05. The van der Waals surface area contributed by atoms with E-state index in [1.165, 1.54) is 11.1 Å². The van der Waals surface area contributed by atoms with Crippen LogP contribution in [0.2, 0.25) is 0 Å². The van der Waals surface area contributed by atoms with Gasteiger partial charge in [-0.2, -0.15) is 0 Å². The van der Waals surface area contributed by atoms with E-state index >= 15 is 0 Å². The Balaban J connectivity index is 1.88. The van der Waals surface area contributed by atoms with Gasteiger partial charge in [-0.1, -0.05) is 61.5 Å². The maximum atomic E-state index is 11.3. The molecule has 0 amide bonds. The van der Waals surface area contributed by atoms with Crippen molar-refractivity contribution in [2.24, 2.45) is 0 Å². The first kappa shape index (κ1) is 14.3. The number of carbonyl (C=O) groups is 1. The van der Waals surface area contributed by atoms with Crippen LogP contribution < -0.4 is 0 Å². The van der Waals surface area contributed by atoms with Crippen LogP contribution in [0.1, 0.15) is 36.5 Å². The first-order valence-corrected chi connectivity index (χ1v) is 7.05. The third-order valence-corrected chi connectivity index (χ3v) is 3.13. The minimum Gasteiger partial charge on any atom is -0.461 e. The van der Waals surface area contributed by atoms with Crippen LogP contribution in [0.5, 0.6) is 0 Å². The van der Waals surface area contributed by atoms with Gasteiger partial charge in [-0.25, -0.2) is 0 Å². The van der Waals surface area contributed by atoms with Crippen molar-refractivity contribution in [3.8, 4) is 0 Å². The van der Waals surface area contributed by atoms with Gasteiger partial charge in [0.1, 0.15) is 6.61 Å². The highest BCUT2D eigenvalue weighted by molar-refractivity contribution is 5.69. The SMILES string of the molecule is CCCC(=O)OCc1ccc(Cc2ccccc2)cc1. The number of esters is 1. The highest BCUT2D eigenvalue weighted by Crippen LogP contribution is 2.11. The van der Waals surface area contributed by atoms with E-state index in [1.807, 2.05) is 25.1 Å². The Kier molecular flexibility index (Phi) is 5.36. The summed E-state index contributed by atoms with van der Waals surface area (Å²) in [5.41, 5.74) is 3.60. The number of hydrogen-bond acceptors (Lipinski definition) is 2. The number of ether oxygens (including phenoxy) is 1. The van der Waals surface area contributed by atoms with E-state index in [9.17, 15) is 4.79 Å². The standard InChI is InChI=1S/C18H20O2/c1-2-6-18(19)20-14-17-11-9-16(10-12-17)13-15-7-4-3-5-8-15/h3-5,7-12H,2,6,13-14H2,1H3. The lowest BCUT2D eigenvalue weighted by molar-refractivity contribution is -0.144. The smallest absolute Gasteiger partial charge is 0.306 e. The van der Waals surface area contributed by atoms with Gasteiger partial charge in [0.2, 0.25) is 0 Å². The third kappa shape index (κ3) is 4.54. The molecule has 0 spiro atoms.